The molecule has 0 radical (unpaired) electrons. The highest BCUT2D eigenvalue weighted by Gasteiger charge is 2.31. The van der Waals surface area contributed by atoms with Crippen LogP contribution in [0, 0.1) is 0 Å². The molecule has 0 N–H and O–H groups in total. The van der Waals surface area contributed by atoms with Gasteiger partial charge in [0.05, 0.1) is 6.54 Å². The Hall–Kier alpha value is -0.860. The van der Waals surface area contributed by atoms with E-state index in [2.05, 4.69) is 0 Å². The third-order valence-corrected chi connectivity index (χ3v) is 2.27. The fraction of sp³-hybridized carbons (Fsp3) is 0.750. The molecule has 1 amide bonds. The number of carbonyl (C=O) groups excluding carboxylic acids is 2. The summed E-state index contributed by atoms with van der Waals surface area (Å²) in [4.78, 5) is 23.0. The number of hydrogen-bond acceptors (Lipinski definition) is 2. The molecule has 0 unspecified atom stereocenters. The van der Waals surface area contributed by atoms with Gasteiger partial charge in [0.25, 0.3) is 0 Å². The maximum Gasteiger partial charge on any atom is 0.210 e. The van der Waals surface area contributed by atoms with Crippen LogP contribution in [-0.4, -0.2) is 29.2 Å². The number of carbonyl (C=O) groups is 2. The molecule has 0 saturated carbocycles. The van der Waals surface area contributed by atoms with Crippen LogP contribution in [0.2, 0.25) is 0 Å². The Kier molecular flexibility index (Phi) is 1.98. The minimum atomic E-state index is -0.129. The van der Waals surface area contributed by atoms with Gasteiger partial charge in [0.2, 0.25) is 6.41 Å². The lowest BCUT2D eigenvalue weighted by Crippen LogP contribution is -2.49. The molecular weight excluding hydrogens is 142 g/mol. The molecule has 0 aromatic carbocycles. The Labute approximate surface area is 66.4 Å². The number of ketones is 1. The molecule has 0 aliphatic carbocycles. The highest BCUT2D eigenvalue weighted by molar-refractivity contribution is 5.83. The van der Waals surface area contributed by atoms with E-state index in [1.165, 1.54) is 0 Å². The standard InChI is InChI=1S/C8H13NO2/c1-8(2)4-3-7(11)5-9(8)6-10/h6H,3-5H2,1-2H3. The molecule has 1 fully saturated rings. The lowest BCUT2D eigenvalue weighted by Gasteiger charge is -2.38. The first-order chi connectivity index (χ1) is 5.06. The van der Waals surface area contributed by atoms with E-state index in [1.54, 1.807) is 4.90 Å². The molecule has 1 heterocycles. The quantitative estimate of drug-likeness (QED) is 0.519. The molecule has 62 valence electrons. The molecule has 3 heteroatoms. The van der Waals surface area contributed by atoms with Crippen LogP contribution >= 0.6 is 0 Å². The van der Waals surface area contributed by atoms with Gasteiger partial charge in [0.1, 0.15) is 0 Å². The number of amides is 1. The second kappa shape index (κ2) is 2.64. The normalized spacial score (nSPS) is 23.5. The number of Topliss-reactive ketones (excluding diaryl/α,β-unsaturated/α-hetero) is 1. The third kappa shape index (κ3) is 1.59. The van der Waals surface area contributed by atoms with E-state index in [9.17, 15) is 9.59 Å². The van der Waals surface area contributed by atoms with Gasteiger partial charge in [0, 0.05) is 12.0 Å². The molecule has 1 rings (SSSR count). The minimum Gasteiger partial charge on any atom is -0.333 e. The molecule has 11 heavy (non-hydrogen) atoms. The highest BCUT2D eigenvalue weighted by Crippen LogP contribution is 2.23. The molecule has 1 aliphatic heterocycles. The van der Waals surface area contributed by atoms with Gasteiger partial charge >= 0.3 is 0 Å². The lowest BCUT2D eigenvalue weighted by atomic mass is 9.91. The van der Waals surface area contributed by atoms with Crippen LogP contribution in [0.4, 0.5) is 0 Å². The molecule has 1 aliphatic rings. The number of likely N-dealkylation sites (tertiary alicyclic amines) is 1. The molecule has 0 bridgehead atoms. The second-order valence-corrected chi connectivity index (χ2v) is 3.58. The summed E-state index contributed by atoms with van der Waals surface area (Å²) in [6.45, 7) is 4.25. The maximum atomic E-state index is 10.9. The molecule has 0 atom stereocenters. The van der Waals surface area contributed by atoms with Gasteiger partial charge in [-0.05, 0) is 20.3 Å². The predicted octanol–water partition coefficient (Wildman–Crippen LogP) is 0.586. The van der Waals surface area contributed by atoms with Gasteiger partial charge in [0.15, 0.2) is 5.78 Å². The Morgan fingerprint density at radius 3 is 2.64 bits per heavy atom. The molecular formula is C8H13NO2. The zero-order valence-corrected chi connectivity index (χ0v) is 6.96. The number of piperidine rings is 1. The van der Waals surface area contributed by atoms with Gasteiger partial charge in [-0.2, -0.15) is 0 Å². The van der Waals surface area contributed by atoms with E-state index in [0.29, 0.717) is 6.42 Å². The molecule has 0 spiro atoms. The smallest absolute Gasteiger partial charge is 0.210 e. The van der Waals surface area contributed by atoms with Gasteiger partial charge in [-0.15, -0.1) is 0 Å². The predicted molar refractivity (Wildman–Crippen MR) is 41.1 cm³/mol. The summed E-state index contributed by atoms with van der Waals surface area (Å²) < 4.78 is 0. The lowest BCUT2D eigenvalue weighted by molar-refractivity contribution is -0.135. The summed E-state index contributed by atoms with van der Waals surface area (Å²) in [5, 5.41) is 0. The molecule has 0 aromatic rings. The van der Waals surface area contributed by atoms with Crippen molar-refractivity contribution in [3.63, 3.8) is 0 Å². The van der Waals surface area contributed by atoms with Gasteiger partial charge in [-0.1, -0.05) is 0 Å². The first-order valence-corrected chi connectivity index (χ1v) is 3.80. The average Bonchev–Trinajstić information content (AvgIpc) is 1.94. The van der Waals surface area contributed by atoms with Crippen molar-refractivity contribution in [3.8, 4) is 0 Å². The van der Waals surface area contributed by atoms with Crippen LogP contribution in [-0.2, 0) is 9.59 Å². The topological polar surface area (TPSA) is 37.4 Å². The van der Waals surface area contributed by atoms with E-state index in [1.807, 2.05) is 13.8 Å². The summed E-state index contributed by atoms with van der Waals surface area (Å²) in [6.07, 6.45) is 2.15. The maximum absolute atomic E-state index is 10.9. The van der Waals surface area contributed by atoms with Crippen LogP contribution in [0.5, 0.6) is 0 Å². The fourth-order valence-electron chi connectivity index (χ4n) is 1.25. The monoisotopic (exact) mass is 155 g/mol. The fourth-order valence-corrected chi connectivity index (χ4v) is 1.25. The summed E-state index contributed by atoms with van der Waals surface area (Å²) in [7, 11) is 0. The van der Waals surface area contributed by atoms with Crippen molar-refractivity contribution >= 4 is 12.2 Å². The molecule has 0 aromatic heterocycles. The van der Waals surface area contributed by atoms with Crippen molar-refractivity contribution in [3.05, 3.63) is 0 Å². The number of hydrogen-bond donors (Lipinski definition) is 0. The Morgan fingerprint density at radius 1 is 1.55 bits per heavy atom. The first-order valence-electron chi connectivity index (χ1n) is 3.80. The van der Waals surface area contributed by atoms with Crippen molar-refractivity contribution in [2.75, 3.05) is 6.54 Å². The van der Waals surface area contributed by atoms with Crippen LogP contribution < -0.4 is 0 Å². The number of nitrogens with zero attached hydrogens (tertiary/aromatic N) is 1. The van der Waals surface area contributed by atoms with E-state index in [4.69, 9.17) is 0 Å². The van der Waals surface area contributed by atoms with Crippen molar-refractivity contribution < 1.29 is 9.59 Å². The Morgan fingerprint density at radius 2 is 2.18 bits per heavy atom. The Balaban J connectivity index is 2.70. The van der Waals surface area contributed by atoms with Crippen molar-refractivity contribution in [1.82, 2.24) is 4.90 Å². The van der Waals surface area contributed by atoms with E-state index in [0.717, 1.165) is 12.8 Å². The summed E-state index contributed by atoms with van der Waals surface area (Å²) in [6, 6.07) is 0. The van der Waals surface area contributed by atoms with E-state index < -0.39 is 0 Å². The van der Waals surface area contributed by atoms with Crippen LogP contribution in [0.3, 0.4) is 0 Å². The first kappa shape index (κ1) is 8.24. The van der Waals surface area contributed by atoms with E-state index >= 15 is 0 Å². The summed E-state index contributed by atoms with van der Waals surface area (Å²) in [5.74, 6) is 0.163. The molecule has 1 saturated heterocycles. The second-order valence-electron chi connectivity index (χ2n) is 3.58. The largest absolute Gasteiger partial charge is 0.333 e. The third-order valence-electron chi connectivity index (χ3n) is 2.27. The SMILES string of the molecule is CC1(C)CCC(=O)CN1C=O. The van der Waals surface area contributed by atoms with Crippen LogP contribution in [0.1, 0.15) is 26.7 Å². The summed E-state index contributed by atoms with van der Waals surface area (Å²) >= 11 is 0. The molecule has 3 nitrogen and oxygen atoms in total. The van der Waals surface area contributed by atoms with Crippen molar-refractivity contribution in [1.29, 1.82) is 0 Å². The van der Waals surface area contributed by atoms with Crippen LogP contribution in [0.25, 0.3) is 0 Å². The van der Waals surface area contributed by atoms with Gasteiger partial charge in [-0.25, -0.2) is 0 Å². The van der Waals surface area contributed by atoms with Gasteiger partial charge in [-0.3, -0.25) is 9.59 Å². The minimum absolute atomic E-state index is 0.129. The summed E-state index contributed by atoms with van der Waals surface area (Å²) in [5.41, 5.74) is -0.129. The number of rotatable bonds is 1. The van der Waals surface area contributed by atoms with Crippen molar-refractivity contribution in [2.45, 2.75) is 32.2 Å². The average molecular weight is 155 g/mol. The zero-order chi connectivity index (χ0) is 8.48. The zero-order valence-electron chi connectivity index (χ0n) is 6.96. The van der Waals surface area contributed by atoms with Crippen molar-refractivity contribution in [2.24, 2.45) is 0 Å². The Bertz CT molecular complexity index is 187. The highest BCUT2D eigenvalue weighted by atomic mass is 16.1. The van der Waals surface area contributed by atoms with Crippen LogP contribution in [0.15, 0.2) is 0 Å². The van der Waals surface area contributed by atoms with E-state index in [-0.39, 0.29) is 17.9 Å². The van der Waals surface area contributed by atoms with Gasteiger partial charge < -0.3 is 4.90 Å².